The summed E-state index contributed by atoms with van der Waals surface area (Å²) in [6, 6.07) is 10.0. The number of anilines is 4. The average Bonchev–Trinajstić information content (AvgIpc) is 3.58. The van der Waals surface area contributed by atoms with E-state index in [0.717, 1.165) is 38.3 Å². The number of carbonyl (C=O) groups is 1. The van der Waals surface area contributed by atoms with E-state index >= 15 is 0 Å². The third-order valence-corrected chi connectivity index (χ3v) is 7.99. The Bertz CT molecular complexity index is 1360. The topological polar surface area (TPSA) is 86.7 Å². The van der Waals surface area contributed by atoms with Gasteiger partial charge in [0.15, 0.2) is 5.65 Å². The van der Waals surface area contributed by atoms with Gasteiger partial charge in [0.1, 0.15) is 12.4 Å². The Labute approximate surface area is 223 Å². The Hall–Kier alpha value is -3.90. The number of ether oxygens (including phenoxy) is 1. The molecule has 3 fully saturated rings. The van der Waals surface area contributed by atoms with E-state index in [2.05, 4.69) is 50.2 Å². The molecule has 4 heterocycles. The van der Waals surface area contributed by atoms with Crippen molar-refractivity contribution in [3.8, 4) is 12.3 Å². The molecule has 0 bridgehead atoms. The molecular formula is C29H33N7O2. The second kappa shape index (κ2) is 10.5. The molecule has 3 aromatic rings. The van der Waals surface area contributed by atoms with Crippen LogP contribution in [0.4, 0.5) is 27.9 Å². The van der Waals surface area contributed by atoms with Gasteiger partial charge in [-0.2, -0.15) is 4.98 Å². The highest BCUT2D eigenvalue weighted by Crippen LogP contribution is 2.34. The summed E-state index contributed by atoms with van der Waals surface area (Å²) in [5.74, 6) is 4.24. The minimum Gasteiger partial charge on any atom is -0.447 e. The molecule has 0 spiro atoms. The first-order valence-electron chi connectivity index (χ1n) is 13.5. The number of piperazine rings is 1. The minimum absolute atomic E-state index is 0.0422. The summed E-state index contributed by atoms with van der Waals surface area (Å²) < 4.78 is 5.43. The molecule has 1 aromatic carbocycles. The largest absolute Gasteiger partial charge is 0.447 e. The molecule has 1 saturated carbocycles. The van der Waals surface area contributed by atoms with Crippen LogP contribution in [0.3, 0.4) is 0 Å². The lowest BCUT2D eigenvalue weighted by atomic mass is 9.98. The van der Waals surface area contributed by atoms with Crippen LogP contribution in [0.25, 0.3) is 11.0 Å². The molecule has 3 aliphatic rings. The third-order valence-electron chi connectivity index (χ3n) is 7.99. The second-order valence-corrected chi connectivity index (χ2v) is 10.6. The number of cyclic esters (lactones) is 1. The van der Waals surface area contributed by atoms with Crippen LogP contribution in [-0.2, 0) is 4.74 Å². The van der Waals surface area contributed by atoms with E-state index in [9.17, 15) is 4.79 Å². The van der Waals surface area contributed by atoms with Crippen LogP contribution in [0.5, 0.6) is 0 Å². The minimum atomic E-state index is -0.379. The Morgan fingerprint density at radius 2 is 1.87 bits per heavy atom. The van der Waals surface area contributed by atoms with Crippen LogP contribution in [0.2, 0.25) is 0 Å². The second-order valence-electron chi connectivity index (χ2n) is 10.6. The molecule has 1 aliphatic carbocycles. The monoisotopic (exact) mass is 511 g/mol. The molecule has 196 valence electrons. The fraction of sp³-hybridized carbons (Fsp3) is 0.448. The smallest absolute Gasteiger partial charge is 0.415 e. The van der Waals surface area contributed by atoms with Gasteiger partial charge in [-0.1, -0.05) is 31.6 Å². The molecular weight excluding hydrogens is 478 g/mol. The van der Waals surface area contributed by atoms with E-state index < -0.39 is 0 Å². The summed E-state index contributed by atoms with van der Waals surface area (Å²) in [4.78, 5) is 33.0. The number of fused-ring (bicyclic) bond motifs is 1. The van der Waals surface area contributed by atoms with Crippen molar-refractivity contribution in [3.05, 3.63) is 42.1 Å². The van der Waals surface area contributed by atoms with E-state index in [1.807, 2.05) is 12.1 Å². The molecule has 2 aliphatic heterocycles. The number of nitrogens with zero attached hydrogens (tertiary/aromatic N) is 6. The maximum atomic E-state index is 12.7. The van der Waals surface area contributed by atoms with Crippen molar-refractivity contribution in [1.82, 2.24) is 19.9 Å². The summed E-state index contributed by atoms with van der Waals surface area (Å²) in [5.41, 5.74) is 3.14. The van der Waals surface area contributed by atoms with E-state index in [4.69, 9.17) is 16.1 Å². The van der Waals surface area contributed by atoms with Gasteiger partial charge < -0.3 is 19.9 Å². The number of nitrogens with one attached hydrogen (secondary N) is 1. The number of benzene rings is 1. The molecule has 1 atom stereocenters. The van der Waals surface area contributed by atoms with Crippen LogP contribution in [0.15, 0.2) is 36.5 Å². The van der Waals surface area contributed by atoms with Gasteiger partial charge in [0, 0.05) is 49.3 Å². The van der Waals surface area contributed by atoms with Crippen LogP contribution in [-0.4, -0.2) is 71.8 Å². The first kappa shape index (κ1) is 24.4. The zero-order valence-corrected chi connectivity index (χ0v) is 21.8. The Morgan fingerprint density at radius 1 is 1.11 bits per heavy atom. The Morgan fingerprint density at radius 3 is 2.61 bits per heavy atom. The van der Waals surface area contributed by atoms with E-state index in [0.29, 0.717) is 40.9 Å². The first-order valence-corrected chi connectivity index (χ1v) is 13.5. The maximum absolute atomic E-state index is 12.7. The number of hydrogen-bond donors (Lipinski definition) is 1. The van der Waals surface area contributed by atoms with Crippen LogP contribution in [0, 0.1) is 18.3 Å². The Balaban J connectivity index is 1.24. The lowest BCUT2D eigenvalue weighted by Crippen LogP contribution is -2.44. The summed E-state index contributed by atoms with van der Waals surface area (Å²) in [6.07, 6.45) is 13.0. The predicted molar refractivity (Wildman–Crippen MR) is 149 cm³/mol. The molecule has 9 heteroatoms. The van der Waals surface area contributed by atoms with Crippen LogP contribution in [0.1, 0.15) is 37.7 Å². The summed E-state index contributed by atoms with van der Waals surface area (Å²) in [6.45, 7) is 4.55. The molecule has 1 N–H and O–H groups in total. The summed E-state index contributed by atoms with van der Waals surface area (Å²) in [5, 5.41) is 3.95. The highest BCUT2D eigenvalue weighted by Gasteiger charge is 2.37. The van der Waals surface area contributed by atoms with Gasteiger partial charge in [-0.15, -0.1) is 6.42 Å². The number of aromatic nitrogens is 3. The molecule has 0 radical (unpaired) electrons. The van der Waals surface area contributed by atoms with Crippen molar-refractivity contribution in [2.45, 2.75) is 38.1 Å². The van der Waals surface area contributed by atoms with Gasteiger partial charge in [0.05, 0.1) is 11.4 Å². The normalized spacial score (nSPS) is 20.6. The zero-order valence-electron chi connectivity index (χ0n) is 21.8. The molecule has 1 unspecified atom stereocenters. The summed E-state index contributed by atoms with van der Waals surface area (Å²) >= 11 is 0. The highest BCUT2D eigenvalue weighted by atomic mass is 16.6. The molecule has 2 saturated heterocycles. The number of hydrogen-bond acceptors (Lipinski definition) is 8. The molecule has 2 aromatic heterocycles. The molecule has 6 rings (SSSR count). The lowest BCUT2D eigenvalue weighted by Gasteiger charge is -2.34. The number of amides is 1. The van der Waals surface area contributed by atoms with Crippen molar-refractivity contribution in [3.63, 3.8) is 0 Å². The molecule has 1 amide bonds. The van der Waals surface area contributed by atoms with Gasteiger partial charge in [-0.3, -0.25) is 4.90 Å². The number of likely N-dealkylation sites (N-methyl/N-ethyl adjacent to an activating group) is 1. The van der Waals surface area contributed by atoms with Gasteiger partial charge in [-0.25, -0.2) is 14.8 Å². The van der Waals surface area contributed by atoms with E-state index in [-0.39, 0.29) is 12.1 Å². The highest BCUT2D eigenvalue weighted by molar-refractivity contribution is 5.92. The lowest BCUT2D eigenvalue weighted by molar-refractivity contribution is 0.177. The average molecular weight is 512 g/mol. The summed E-state index contributed by atoms with van der Waals surface area (Å²) in [7, 11) is 2.16. The number of terminal acetylenes is 1. The quantitative estimate of drug-likeness (QED) is 0.487. The van der Waals surface area contributed by atoms with E-state index in [1.165, 1.54) is 31.4 Å². The standard InChI is InChI=1S/C29H33N7O2/c1-3-21-17-26(36-24(19-38-29(36)37)16-20-6-4-5-7-20)32-27-25(21)18-30-28(33-27)31-22-8-10-23(11-9-22)35-14-12-34(2)13-15-35/h1,8-11,17-18,20,24H,4-7,12-16,19H2,2H3,(H,30,31,32,33). The zero-order chi connectivity index (χ0) is 26.1. The Kier molecular flexibility index (Phi) is 6.73. The number of pyridine rings is 1. The predicted octanol–water partition coefficient (Wildman–Crippen LogP) is 4.41. The molecule has 38 heavy (non-hydrogen) atoms. The first-order chi connectivity index (χ1) is 18.6. The number of rotatable bonds is 6. The van der Waals surface area contributed by atoms with Crippen LogP contribution < -0.4 is 15.1 Å². The van der Waals surface area contributed by atoms with E-state index in [1.54, 1.807) is 17.2 Å². The van der Waals surface area contributed by atoms with Gasteiger partial charge >= 0.3 is 6.09 Å². The fourth-order valence-corrected chi connectivity index (χ4v) is 5.79. The van der Waals surface area contributed by atoms with Crippen molar-refractivity contribution in [2.24, 2.45) is 5.92 Å². The molecule has 9 nitrogen and oxygen atoms in total. The van der Waals surface area contributed by atoms with Crippen molar-refractivity contribution in [2.75, 3.05) is 55.0 Å². The fourth-order valence-electron chi connectivity index (χ4n) is 5.79. The number of carbonyl (C=O) groups excluding carboxylic acids is 1. The van der Waals surface area contributed by atoms with Gasteiger partial charge in [0.25, 0.3) is 0 Å². The third kappa shape index (κ3) is 4.96. The van der Waals surface area contributed by atoms with Crippen molar-refractivity contribution in [1.29, 1.82) is 0 Å². The van der Waals surface area contributed by atoms with Gasteiger partial charge in [0.2, 0.25) is 5.95 Å². The van der Waals surface area contributed by atoms with Crippen molar-refractivity contribution < 1.29 is 9.53 Å². The van der Waals surface area contributed by atoms with Crippen molar-refractivity contribution >= 4 is 40.3 Å². The van der Waals surface area contributed by atoms with Crippen LogP contribution >= 0.6 is 0 Å². The SMILES string of the molecule is C#Cc1cc(N2C(=O)OCC2CC2CCCC2)nc2nc(Nc3ccc(N4CCN(C)CC4)cc3)ncc12. The maximum Gasteiger partial charge on any atom is 0.415 e. The van der Waals surface area contributed by atoms with Gasteiger partial charge in [-0.05, 0) is 49.7 Å².